The average molecular weight is 490 g/mol. The van der Waals surface area contributed by atoms with Crippen molar-refractivity contribution >= 4 is 17.2 Å². The molecule has 5 heterocycles. The van der Waals surface area contributed by atoms with Gasteiger partial charge in [-0.05, 0) is 11.6 Å². The first-order valence-corrected chi connectivity index (χ1v) is 11.6. The third-order valence-corrected chi connectivity index (χ3v) is 7.55. The second-order valence-corrected chi connectivity index (χ2v) is 10.2. The van der Waals surface area contributed by atoms with Crippen LogP contribution in [-0.2, 0) is 22.4 Å². The minimum absolute atomic E-state index is 0.0865. The second-order valence-electron chi connectivity index (χ2n) is 9.10. The SMILES string of the molecule is O=C1c2c(O)c(=O)c(-c3nnc(CC4=C(F)CC(F)C=C4)s3)cn2CC2OCC3(COC3)CN12. The van der Waals surface area contributed by atoms with E-state index in [1.54, 1.807) is 4.90 Å². The molecule has 2 unspecified atom stereocenters. The molecule has 178 valence electrons. The number of amides is 1. The molecule has 0 bridgehead atoms. The van der Waals surface area contributed by atoms with Gasteiger partial charge in [0.05, 0.1) is 37.3 Å². The Kier molecular flexibility index (Phi) is 4.94. The second kappa shape index (κ2) is 7.79. The fourth-order valence-corrected chi connectivity index (χ4v) is 5.57. The number of carbonyl (C=O) groups is 1. The first-order valence-electron chi connectivity index (χ1n) is 10.8. The zero-order chi connectivity index (χ0) is 23.6. The number of rotatable bonds is 3. The third kappa shape index (κ3) is 3.39. The number of allylic oxidation sites excluding steroid dienone is 4. The number of carbonyl (C=O) groups excluding carboxylic acids is 1. The van der Waals surface area contributed by atoms with Gasteiger partial charge in [0, 0.05) is 25.6 Å². The van der Waals surface area contributed by atoms with Gasteiger partial charge < -0.3 is 24.0 Å². The summed E-state index contributed by atoms with van der Waals surface area (Å²) < 4.78 is 40.1. The minimum atomic E-state index is -1.34. The lowest BCUT2D eigenvalue weighted by Crippen LogP contribution is -2.64. The van der Waals surface area contributed by atoms with E-state index in [0.717, 1.165) is 11.3 Å². The van der Waals surface area contributed by atoms with E-state index >= 15 is 0 Å². The van der Waals surface area contributed by atoms with Crippen LogP contribution >= 0.6 is 11.3 Å². The molecule has 2 fully saturated rings. The fraction of sp³-hybridized carbons (Fsp3) is 0.455. The lowest BCUT2D eigenvalue weighted by atomic mass is 9.84. The quantitative estimate of drug-likeness (QED) is 0.701. The van der Waals surface area contributed by atoms with Crippen molar-refractivity contribution in [1.82, 2.24) is 19.7 Å². The van der Waals surface area contributed by atoms with Gasteiger partial charge in [-0.2, -0.15) is 0 Å². The predicted octanol–water partition coefficient (Wildman–Crippen LogP) is 1.97. The lowest BCUT2D eigenvalue weighted by molar-refractivity contribution is -0.226. The van der Waals surface area contributed by atoms with Gasteiger partial charge in [0.15, 0.2) is 22.7 Å². The zero-order valence-electron chi connectivity index (χ0n) is 17.9. The monoisotopic (exact) mass is 490 g/mol. The molecule has 12 heteroatoms. The molecular weight excluding hydrogens is 470 g/mol. The first kappa shape index (κ1) is 21.6. The molecule has 6 rings (SSSR count). The molecular formula is C22H20F2N4O5S. The average Bonchev–Trinajstić information content (AvgIpc) is 3.25. The van der Waals surface area contributed by atoms with Gasteiger partial charge in [0.25, 0.3) is 5.91 Å². The highest BCUT2D eigenvalue weighted by Gasteiger charge is 2.50. The summed E-state index contributed by atoms with van der Waals surface area (Å²) in [6.45, 7) is 2.17. The van der Waals surface area contributed by atoms with Gasteiger partial charge in [-0.1, -0.05) is 17.4 Å². The summed E-state index contributed by atoms with van der Waals surface area (Å²) in [6.07, 6.45) is 2.11. The van der Waals surface area contributed by atoms with Crippen molar-refractivity contribution in [3.8, 4) is 16.3 Å². The van der Waals surface area contributed by atoms with Crippen LogP contribution < -0.4 is 5.43 Å². The Hall–Kier alpha value is -2.96. The molecule has 34 heavy (non-hydrogen) atoms. The highest BCUT2D eigenvalue weighted by molar-refractivity contribution is 7.14. The Labute approximate surface area is 195 Å². The van der Waals surface area contributed by atoms with Crippen LogP contribution in [0.25, 0.3) is 10.6 Å². The van der Waals surface area contributed by atoms with Crippen LogP contribution in [-0.4, -0.2) is 69.4 Å². The van der Waals surface area contributed by atoms with Gasteiger partial charge in [-0.3, -0.25) is 9.59 Å². The Bertz CT molecular complexity index is 1310. The topological polar surface area (TPSA) is 107 Å². The predicted molar refractivity (Wildman–Crippen MR) is 116 cm³/mol. The van der Waals surface area contributed by atoms with Crippen LogP contribution in [0, 0.1) is 5.41 Å². The summed E-state index contributed by atoms with van der Waals surface area (Å²) in [7, 11) is 0. The summed E-state index contributed by atoms with van der Waals surface area (Å²) >= 11 is 1.07. The van der Waals surface area contributed by atoms with Gasteiger partial charge in [0.2, 0.25) is 5.43 Å². The number of alkyl halides is 1. The standard InChI is InChI=1S/C22H20F2N4O5S/c23-12-2-1-11(14(24)4-12)3-15-25-26-20(34-15)13-5-27-6-16-28(7-22(10-33-16)8-32-9-22)21(31)17(27)19(30)18(13)29/h1-2,5,12,16,30H,3-4,6-10H2. The van der Waals surface area contributed by atoms with Gasteiger partial charge in [-0.15, -0.1) is 10.2 Å². The molecule has 0 aromatic carbocycles. The summed E-state index contributed by atoms with van der Waals surface area (Å²) in [6, 6.07) is 0. The smallest absolute Gasteiger partial charge is 0.276 e. The van der Waals surface area contributed by atoms with Crippen LogP contribution in [0.3, 0.4) is 0 Å². The summed E-state index contributed by atoms with van der Waals surface area (Å²) in [5, 5.41) is 19.4. The molecule has 3 aliphatic heterocycles. The Morgan fingerprint density at radius 3 is 2.82 bits per heavy atom. The van der Waals surface area contributed by atoms with Crippen LogP contribution in [0.5, 0.6) is 5.75 Å². The number of hydrogen-bond donors (Lipinski definition) is 1. The number of aromatic hydroxyl groups is 1. The molecule has 2 atom stereocenters. The molecule has 1 aliphatic carbocycles. The summed E-state index contributed by atoms with van der Waals surface area (Å²) in [5.41, 5.74) is -0.653. The maximum Gasteiger partial charge on any atom is 0.276 e. The maximum absolute atomic E-state index is 14.1. The van der Waals surface area contributed by atoms with Crippen molar-refractivity contribution in [2.24, 2.45) is 5.41 Å². The van der Waals surface area contributed by atoms with E-state index in [0.29, 0.717) is 36.9 Å². The molecule has 1 N–H and O–H groups in total. The van der Waals surface area contributed by atoms with Crippen molar-refractivity contribution in [3.05, 3.63) is 50.7 Å². The maximum atomic E-state index is 14.1. The highest BCUT2D eigenvalue weighted by Crippen LogP contribution is 2.38. The molecule has 4 aliphatic rings. The van der Waals surface area contributed by atoms with Crippen molar-refractivity contribution in [2.45, 2.75) is 31.8 Å². The van der Waals surface area contributed by atoms with E-state index in [9.17, 15) is 23.5 Å². The minimum Gasteiger partial charge on any atom is -0.503 e. The number of ether oxygens (including phenoxy) is 2. The zero-order valence-corrected chi connectivity index (χ0v) is 18.7. The van der Waals surface area contributed by atoms with Crippen LogP contribution in [0.2, 0.25) is 0 Å². The molecule has 1 amide bonds. The number of hydrogen-bond acceptors (Lipinski definition) is 8. The van der Waals surface area contributed by atoms with Gasteiger partial charge in [-0.25, -0.2) is 8.78 Å². The molecule has 2 aromatic heterocycles. The fourth-order valence-electron chi connectivity index (χ4n) is 4.70. The van der Waals surface area contributed by atoms with E-state index in [2.05, 4.69) is 10.2 Å². The Morgan fingerprint density at radius 2 is 2.09 bits per heavy atom. The largest absolute Gasteiger partial charge is 0.503 e. The third-order valence-electron chi connectivity index (χ3n) is 6.59. The van der Waals surface area contributed by atoms with Crippen molar-refractivity contribution in [1.29, 1.82) is 0 Å². The van der Waals surface area contributed by atoms with Crippen LogP contribution in [0.15, 0.2) is 34.5 Å². The van der Waals surface area contributed by atoms with Crippen molar-refractivity contribution in [2.75, 3.05) is 26.4 Å². The lowest BCUT2D eigenvalue weighted by Gasteiger charge is -2.52. The normalized spacial score (nSPS) is 25.4. The van der Waals surface area contributed by atoms with Crippen LogP contribution in [0.1, 0.15) is 21.9 Å². The van der Waals surface area contributed by atoms with E-state index in [4.69, 9.17) is 9.47 Å². The molecule has 0 radical (unpaired) electrons. The Balaban J connectivity index is 1.30. The van der Waals surface area contributed by atoms with Gasteiger partial charge in [0.1, 0.15) is 17.0 Å². The van der Waals surface area contributed by atoms with Crippen molar-refractivity contribution < 1.29 is 28.2 Å². The number of pyridine rings is 1. The van der Waals surface area contributed by atoms with E-state index in [-0.39, 0.29) is 41.1 Å². The molecule has 1 spiro atoms. The van der Waals surface area contributed by atoms with Crippen LogP contribution in [0.4, 0.5) is 8.78 Å². The van der Waals surface area contributed by atoms with Gasteiger partial charge >= 0.3 is 0 Å². The van der Waals surface area contributed by atoms with E-state index in [1.165, 1.54) is 22.9 Å². The van der Waals surface area contributed by atoms with E-state index in [1.807, 2.05) is 0 Å². The number of aromatic nitrogens is 3. The number of nitrogens with zero attached hydrogens (tertiary/aromatic N) is 4. The molecule has 2 saturated heterocycles. The van der Waals surface area contributed by atoms with E-state index < -0.39 is 35.3 Å². The highest BCUT2D eigenvalue weighted by atomic mass is 32.1. The molecule has 0 saturated carbocycles. The number of fused-ring (bicyclic) bond motifs is 2. The molecule has 9 nitrogen and oxygen atoms in total. The van der Waals surface area contributed by atoms with Crippen molar-refractivity contribution in [3.63, 3.8) is 0 Å². The summed E-state index contributed by atoms with van der Waals surface area (Å²) in [5.74, 6) is -1.66. The Morgan fingerprint density at radius 1 is 1.26 bits per heavy atom. The molecule has 2 aromatic rings. The summed E-state index contributed by atoms with van der Waals surface area (Å²) in [4.78, 5) is 27.7. The first-order chi connectivity index (χ1) is 16.3. The number of halogens is 2.